The molecule has 0 spiro atoms. The molecule has 0 bridgehead atoms. The molecule has 30 nitrogen and oxygen atoms in total. The Morgan fingerprint density at radius 2 is 0.471 bits per heavy atom. The molecule has 0 aromatic carbocycles. The molecule has 102 heavy (non-hydrogen) atoms. The number of carboxylic acids is 1. The highest BCUT2D eigenvalue weighted by atomic mass is 16.6. The average Bonchev–Trinajstić information content (AvgIpc) is 1.07. The maximum atomic E-state index is 13.2. The van der Waals surface area contributed by atoms with Gasteiger partial charge in [-0.25, -0.2) is 0 Å². The molecule has 0 aromatic rings. The van der Waals surface area contributed by atoms with E-state index in [2.05, 4.69) is 22.3 Å². The third kappa shape index (κ3) is 89.7. The van der Waals surface area contributed by atoms with Crippen molar-refractivity contribution in [2.45, 2.75) is 135 Å². The van der Waals surface area contributed by atoms with Crippen molar-refractivity contribution in [3.05, 3.63) is 10.4 Å². The number of unbranched alkanes of at least 4 members (excludes halogenated alkanes) is 15. The van der Waals surface area contributed by atoms with Crippen LogP contribution in [0, 0.1) is 5.92 Å². The number of rotatable bonds is 94. The van der Waals surface area contributed by atoms with Crippen molar-refractivity contribution in [2.75, 3.05) is 317 Å². The lowest BCUT2D eigenvalue weighted by molar-refractivity contribution is -0.137. The van der Waals surface area contributed by atoms with Crippen molar-refractivity contribution in [3.8, 4) is 0 Å². The van der Waals surface area contributed by atoms with Crippen LogP contribution in [0.25, 0.3) is 10.4 Å². The number of carbonyl (C=O) groups excluding carboxylic acids is 1. The molecule has 0 saturated carbocycles. The van der Waals surface area contributed by atoms with Crippen molar-refractivity contribution in [3.63, 3.8) is 0 Å². The van der Waals surface area contributed by atoms with Crippen LogP contribution in [0.4, 0.5) is 0 Å². The summed E-state index contributed by atoms with van der Waals surface area (Å²) in [5.74, 6) is -0.499. The molecule has 0 aromatic heterocycles. The van der Waals surface area contributed by atoms with E-state index < -0.39 is 5.97 Å². The van der Waals surface area contributed by atoms with Crippen LogP contribution in [-0.2, 0) is 119 Å². The summed E-state index contributed by atoms with van der Waals surface area (Å²) >= 11 is 0. The van der Waals surface area contributed by atoms with Gasteiger partial charge in [0.1, 0.15) is 0 Å². The lowest BCUT2D eigenvalue weighted by Gasteiger charge is -2.17. The minimum atomic E-state index is -0.707. The highest BCUT2D eigenvalue weighted by Crippen LogP contribution is 2.20. The number of nitrogens with one attached hydrogen (secondary N) is 1. The van der Waals surface area contributed by atoms with E-state index in [-0.39, 0.29) is 18.2 Å². The van der Waals surface area contributed by atoms with Crippen LogP contribution < -0.4 is 5.32 Å². The first kappa shape index (κ1) is 99.3. The smallest absolute Gasteiger partial charge is 0.303 e. The van der Waals surface area contributed by atoms with Crippen molar-refractivity contribution >= 4 is 11.9 Å². The number of amides is 1. The van der Waals surface area contributed by atoms with Gasteiger partial charge in [0.25, 0.3) is 0 Å². The minimum absolute atomic E-state index is 0.0560. The maximum Gasteiger partial charge on any atom is 0.303 e. The number of hydrogen-bond donors (Lipinski definition) is 2. The Balaban J connectivity index is 3.33. The molecule has 1 amide bonds. The summed E-state index contributed by atoms with van der Waals surface area (Å²) in [6.07, 6.45) is 22.2. The predicted molar refractivity (Wildman–Crippen MR) is 385 cm³/mol. The quantitative estimate of drug-likeness (QED) is 0.0250. The van der Waals surface area contributed by atoms with Gasteiger partial charge in [-0.2, -0.15) is 0 Å². The summed E-state index contributed by atoms with van der Waals surface area (Å²) in [7, 11) is 0. The topological polar surface area (TPSA) is 327 Å². The Labute approximate surface area is 612 Å². The van der Waals surface area contributed by atoms with E-state index in [0.717, 1.165) is 57.8 Å². The number of azide groups is 1. The zero-order valence-corrected chi connectivity index (χ0v) is 63.2. The second-order valence-electron chi connectivity index (χ2n) is 23.4. The number of ether oxygens (including phenoxy) is 23. The molecule has 0 fully saturated rings. The average molecular weight is 1480 g/mol. The van der Waals surface area contributed by atoms with Gasteiger partial charge in [0, 0.05) is 30.3 Å². The Morgan fingerprint density at radius 1 is 0.284 bits per heavy atom. The Kier molecular flexibility index (Phi) is 90.1. The van der Waals surface area contributed by atoms with E-state index >= 15 is 0 Å². The number of carboxylic acid groups (broad SMARTS) is 1. The summed E-state index contributed by atoms with van der Waals surface area (Å²) in [4.78, 5) is 26.5. The van der Waals surface area contributed by atoms with Crippen LogP contribution in [0.15, 0.2) is 5.11 Å². The molecule has 0 heterocycles. The van der Waals surface area contributed by atoms with E-state index in [1.165, 1.54) is 64.2 Å². The number of nitrogens with zero attached hydrogens (tertiary/aromatic N) is 3. The van der Waals surface area contributed by atoms with Crippen molar-refractivity contribution < 1.29 is 124 Å². The van der Waals surface area contributed by atoms with Gasteiger partial charge >= 0.3 is 5.97 Å². The molecule has 0 rings (SSSR count). The highest BCUT2D eigenvalue weighted by Gasteiger charge is 2.18. The first-order valence-corrected chi connectivity index (χ1v) is 38.4. The van der Waals surface area contributed by atoms with Gasteiger partial charge in [0.2, 0.25) is 5.91 Å². The molecule has 2 N–H and O–H groups in total. The normalized spacial score (nSPS) is 11.9. The van der Waals surface area contributed by atoms with Crippen molar-refractivity contribution in [1.82, 2.24) is 5.32 Å². The largest absolute Gasteiger partial charge is 0.481 e. The molecular formula is C72H142N4O26. The van der Waals surface area contributed by atoms with Gasteiger partial charge in [-0.15, -0.1) is 0 Å². The number of hydrogen-bond acceptors (Lipinski definition) is 26. The minimum Gasteiger partial charge on any atom is -0.481 e. The molecule has 30 heteroatoms. The molecule has 0 radical (unpaired) electrons. The van der Waals surface area contributed by atoms with Crippen LogP contribution in [-0.4, -0.2) is 334 Å². The molecule has 1 unspecified atom stereocenters. The van der Waals surface area contributed by atoms with E-state index in [1.807, 2.05) is 0 Å². The van der Waals surface area contributed by atoms with E-state index in [9.17, 15) is 9.59 Å². The van der Waals surface area contributed by atoms with E-state index in [4.69, 9.17) is 120 Å². The first-order chi connectivity index (χ1) is 50.6. The van der Waals surface area contributed by atoms with Gasteiger partial charge in [0.05, 0.1) is 304 Å². The van der Waals surface area contributed by atoms with Crippen LogP contribution in [0.3, 0.4) is 0 Å². The van der Waals surface area contributed by atoms with E-state index in [1.54, 1.807) is 0 Å². The monoisotopic (exact) mass is 1480 g/mol. The van der Waals surface area contributed by atoms with Crippen LogP contribution in [0.2, 0.25) is 0 Å². The Bertz CT molecular complexity index is 1660. The third-order valence-electron chi connectivity index (χ3n) is 14.8. The highest BCUT2D eigenvalue weighted by molar-refractivity contribution is 5.78. The number of carbonyl (C=O) groups is 2. The molecule has 1 atom stereocenters. The van der Waals surface area contributed by atoms with Crippen LogP contribution in [0.1, 0.15) is 135 Å². The van der Waals surface area contributed by atoms with Crippen LogP contribution in [0.5, 0.6) is 0 Å². The Hall–Kier alpha value is -2.67. The first-order valence-electron chi connectivity index (χ1n) is 38.4. The van der Waals surface area contributed by atoms with E-state index in [0.29, 0.717) is 317 Å². The maximum absolute atomic E-state index is 13.2. The fourth-order valence-corrected chi connectivity index (χ4v) is 9.32. The predicted octanol–water partition coefficient (Wildman–Crippen LogP) is 8.32. The summed E-state index contributed by atoms with van der Waals surface area (Å²) < 4.78 is 127. The lowest BCUT2D eigenvalue weighted by atomic mass is 9.93. The second kappa shape index (κ2) is 92.5. The molecule has 0 aliphatic carbocycles. The van der Waals surface area contributed by atoms with Crippen LogP contribution >= 0.6 is 0 Å². The number of aliphatic carboxylic acids is 1. The fraction of sp³-hybridized carbons (Fsp3) is 0.972. The summed E-state index contributed by atoms with van der Waals surface area (Å²) in [6, 6.07) is 0. The Morgan fingerprint density at radius 3 is 0.676 bits per heavy atom. The fourth-order valence-electron chi connectivity index (χ4n) is 9.32. The summed E-state index contributed by atoms with van der Waals surface area (Å²) in [5, 5.41) is 15.3. The molecule has 606 valence electrons. The van der Waals surface area contributed by atoms with Gasteiger partial charge in [-0.3, -0.25) is 9.59 Å². The second-order valence-corrected chi connectivity index (χ2v) is 23.4. The molecule has 0 aliphatic rings. The lowest BCUT2D eigenvalue weighted by Crippen LogP contribution is -2.33. The SMILES string of the molecule is CCCCCCCCCCCC(CCCCCCCCCCC(=O)O)C(=O)NCCOCCOCCOCCOCCOCCOCCOCCOCCOCCOCCOCCOCCOCCOCCOCCOCCOCCOCCOCCOCCOCCOCCOCCN=[N+]=[N-]. The van der Waals surface area contributed by atoms with Crippen molar-refractivity contribution in [1.29, 1.82) is 0 Å². The standard InChI is InChI=1S/C72H142N4O26/c1-2-3-4-5-6-7-10-13-16-19-70(20-17-14-11-8-9-12-15-18-21-71(77)78)72(79)74-22-24-80-26-28-82-30-32-84-34-36-86-38-40-88-42-44-90-46-48-92-50-52-94-54-56-96-58-60-98-62-64-100-66-68-102-69-67-101-65-63-99-61-59-97-57-55-95-53-51-93-49-47-91-45-43-89-41-39-87-37-35-85-33-31-83-29-27-81-25-23-75-76-73/h70H,2-69H2,1H3,(H,74,79)(H,77,78). The van der Waals surface area contributed by atoms with Gasteiger partial charge in [0.15, 0.2) is 0 Å². The zero-order chi connectivity index (χ0) is 73.2. The third-order valence-corrected chi connectivity index (χ3v) is 14.8. The van der Waals surface area contributed by atoms with Crippen molar-refractivity contribution in [2.24, 2.45) is 11.0 Å². The molecule has 0 saturated heterocycles. The van der Waals surface area contributed by atoms with Gasteiger partial charge in [-0.1, -0.05) is 115 Å². The zero-order valence-electron chi connectivity index (χ0n) is 63.2. The van der Waals surface area contributed by atoms with Gasteiger partial charge in [-0.05, 0) is 24.8 Å². The molecule has 0 aliphatic heterocycles. The summed E-state index contributed by atoms with van der Waals surface area (Å²) in [6.45, 7) is 24.9. The molecular weight excluding hydrogens is 1340 g/mol. The summed E-state index contributed by atoms with van der Waals surface area (Å²) in [5.41, 5.74) is 8.18. The van der Waals surface area contributed by atoms with Gasteiger partial charge < -0.3 is 119 Å².